The quantitative estimate of drug-likeness (QED) is 0.843. The van der Waals surface area contributed by atoms with E-state index in [4.69, 9.17) is 10.1 Å². The molecule has 0 radical (unpaired) electrons. The van der Waals surface area contributed by atoms with Crippen LogP contribution in [0.2, 0.25) is 0 Å². The van der Waals surface area contributed by atoms with E-state index >= 15 is 0 Å². The number of nitriles is 1. The molecule has 0 atom stereocenters. The average Bonchev–Trinajstić information content (AvgIpc) is 2.25. The molecule has 0 amide bonds. The van der Waals surface area contributed by atoms with Crippen LogP contribution in [0.3, 0.4) is 0 Å². The van der Waals surface area contributed by atoms with Crippen LogP contribution < -0.4 is 4.89 Å². The summed E-state index contributed by atoms with van der Waals surface area (Å²) in [4.78, 5) is 7.09. The van der Waals surface area contributed by atoms with Crippen molar-refractivity contribution in [2.24, 2.45) is 0 Å². The lowest BCUT2D eigenvalue weighted by molar-refractivity contribution is -0.0358. The van der Waals surface area contributed by atoms with Crippen molar-refractivity contribution in [1.82, 2.24) is 4.89 Å². The van der Waals surface area contributed by atoms with E-state index < -0.39 is 15.6 Å². The summed E-state index contributed by atoms with van der Waals surface area (Å²) >= 11 is 0. The molecular weight excluding hydrogens is 252 g/mol. The summed E-state index contributed by atoms with van der Waals surface area (Å²) in [5.41, 5.74) is 0.375. The minimum Gasteiger partial charge on any atom is -0.281 e. The van der Waals surface area contributed by atoms with Crippen molar-refractivity contribution in [2.75, 3.05) is 0 Å². The number of hydrogen-bond acceptors (Lipinski definition) is 4. The molecule has 0 bridgehead atoms. The normalized spacial score (nSPS) is 12.1. The topological polar surface area (TPSA) is 79.2 Å². The second kappa shape index (κ2) is 5.48. The first-order valence-electron chi connectivity index (χ1n) is 5.38. The zero-order chi connectivity index (χ0) is 13.8. The van der Waals surface area contributed by atoms with E-state index in [0.717, 1.165) is 0 Å². The Labute approximate surface area is 107 Å². The highest BCUT2D eigenvalue weighted by molar-refractivity contribution is 7.88. The van der Waals surface area contributed by atoms with Gasteiger partial charge >= 0.3 is 0 Å². The van der Waals surface area contributed by atoms with Gasteiger partial charge < -0.3 is 0 Å². The maximum Gasteiger partial charge on any atom is 0.237 e. The highest BCUT2D eigenvalue weighted by atomic mass is 32.2. The predicted octanol–water partition coefficient (Wildman–Crippen LogP) is 1.71. The molecule has 0 aromatic heterocycles. The van der Waals surface area contributed by atoms with Gasteiger partial charge in [-0.25, -0.2) is 8.42 Å². The molecule has 0 aliphatic heterocycles. The summed E-state index contributed by atoms with van der Waals surface area (Å²) < 4.78 is 23.5. The molecule has 1 rings (SSSR count). The Kier molecular flexibility index (Phi) is 4.46. The van der Waals surface area contributed by atoms with Crippen LogP contribution in [0.15, 0.2) is 24.3 Å². The minimum absolute atomic E-state index is 0.224. The van der Waals surface area contributed by atoms with Crippen LogP contribution in [0.1, 0.15) is 31.9 Å². The number of benzene rings is 1. The fraction of sp³-hybridized carbons (Fsp3) is 0.417. The summed E-state index contributed by atoms with van der Waals surface area (Å²) in [6.07, 6.45) is 0. The molecule has 0 unspecified atom stereocenters. The fourth-order valence-electron chi connectivity index (χ4n) is 1.17. The van der Waals surface area contributed by atoms with Crippen molar-refractivity contribution in [3.8, 4) is 6.07 Å². The van der Waals surface area contributed by atoms with Gasteiger partial charge in [0.25, 0.3) is 0 Å². The van der Waals surface area contributed by atoms with Crippen LogP contribution in [0.5, 0.6) is 0 Å². The van der Waals surface area contributed by atoms with Crippen LogP contribution in [0.4, 0.5) is 0 Å². The van der Waals surface area contributed by atoms with Gasteiger partial charge in [0, 0.05) is 0 Å². The molecule has 0 saturated heterocycles. The molecule has 6 heteroatoms. The van der Waals surface area contributed by atoms with Gasteiger partial charge in [0.2, 0.25) is 10.0 Å². The van der Waals surface area contributed by atoms with Crippen LogP contribution >= 0.6 is 0 Å². The smallest absolute Gasteiger partial charge is 0.237 e. The van der Waals surface area contributed by atoms with Gasteiger partial charge in [-0.15, -0.1) is 0 Å². The summed E-state index contributed by atoms with van der Waals surface area (Å²) in [6.45, 7) is 5.23. The Morgan fingerprint density at radius 1 is 1.39 bits per heavy atom. The summed E-state index contributed by atoms with van der Waals surface area (Å²) in [6, 6.07) is 8.42. The molecule has 0 aliphatic carbocycles. The maximum absolute atomic E-state index is 11.7. The summed E-state index contributed by atoms with van der Waals surface area (Å²) in [7, 11) is -3.57. The number of rotatable bonds is 4. The van der Waals surface area contributed by atoms with Crippen LogP contribution in [0.25, 0.3) is 0 Å². The molecule has 0 fully saturated rings. The third kappa shape index (κ3) is 5.27. The highest BCUT2D eigenvalue weighted by Crippen LogP contribution is 2.10. The van der Waals surface area contributed by atoms with E-state index in [9.17, 15) is 8.42 Å². The van der Waals surface area contributed by atoms with E-state index in [-0.39, 0.29) is 5.75 Å². The van der Waals surface area contributed by atoms with Gasteiger partial charge in [-0.05, 0) is 38.5 Å². The SMILES string of the molecule is CC(C)(C)ONS(=O)(=O)Cc1cccc(C#N)c1. The maximum atomic E-state index is 11.7. The molecule has 0 aliphatic rings. The van der Waals surface area contributed by atoms with E-state index in [1.54, 1.807) is 39.0 Å². The van der Waals surface area contributed by atoms with Crippen molar-refractivity contribution in [1.29, 1.82) is 5.26 Å². The molecule has 18 heavy (non-hydrogen) atoms. The first-order chi connectivity index (χ1) is 8.22. The first-order valence-corrected chi connectivity index (χ1v) is 7.04. The molecule has 5 nitrogen and oxygen atoms in total. The van der Waals surface area contributed by atoms with Crippen molar-refractivity contribution in [2.45, 2.75) is 32.1 Å². The summed E-state index contributed by atoms with van der Waals surface area (Å²) in [5, 5.41) is 8.73. The Morgan fingerprint density at radius 2 is 2.06 bits per heavy atom. The number of sulfonamides is 1. The standard InChI is InChI=1S/C12H16N2O3S/c1-12(2,3)17-14-18(15,16)9-11-6-4-5-10(7-11)8-13/h4-7,14H,9H2,1-3H3. The Morgan fingerprint density at radius 3 is 2.61 bits per heavy atom. The number of hydrogen-bond donors (Lipinski definition) is 1. The van der Waals surface area contributed by atoms with E-state index in [1.807, 2.05) is 6.07 Å². The van der Waals surface area contributed by atoms with Gasteiger partial charge in [-0.1, -0.05) is 17.0 Å². The van der Waals surface area contributed by atoms with Crippen LogP contribution in [-0.2, 0) is 20.6 Å². The molecule has 1 N–H and O–H groups in total. The molecule has 0 spiro atoms. The second-order valence-corrected chi connectivity index (χ2v) is 6.55. The monoisotopic (exact) mass is 268 g/mol. The van der Waals surface area contributed by atoms with Gasteiger partial charge in [0.05, 0.1) is 23.0 Å². The Hall–Kier alpha value is -1.42. The van der Waals surface area contributed by atoms with Crippen LogP contribution in [0, 0.1) is 11.3 Å². The molecule has 0 saturated carbocycles. The third-order valence-corrected chi connectivity index (χ3v) is 2.94. The molecular formula is C12H16N2O3S. The highest BCUT2D eigenvalue weighted by Gasteiger charge is 2.17. The zero-order valence-corrected chi connectivity index (χ0v) is 11.4. The lowest BCUT2D eigenvalue weighted by Gasteiger charge is -2.19. The lowest BCUT2D eigenvalue weighted by Crippen LogP contribution is -2.34. The minimum atomic E-state index is -3.57. The van der Waals surface area contributed by atoms with Gasteiger partial charge in [0.1, 0.15) is 0 Å². The fourth-order valence-corrected chi connectivity index (χ4v) is 2.22. The van der Waals surface area contributed by atoms with Crippen molar-refractivity contribution < 1.29 is 13.3 Å². The zero-order valence-electron chi connectivity index (χ0n) is 10.6. The van der Waals surface area contributed by atoms with E-state index in [1.165, 1.54) is 6.07 Å². The summed E-state index contributed by atoms with van der Waals surface area (Å²) in [5.74, 6) is -0.224. The average molecular weight is 268 g/mol. The first kappa shape index (κ1) is 14.6. The van der Waals surface area contributed by atoms with Crippen molar-refractivity contribution in [3.63, 3.8) is 0 Å². The van der Waals surface area contributed by atoms with Crippen LogP contribution in [-0.4, -0.2) is 14.0 Å². The molecule has 0 heterocycles. The molecule has 98 valence electrons. The Balaban J connectivity index is 2.74. The van der Waals surface area contributed by atoms with Gasteiger partial charge in [-0.3, -0.25) is 4.84 Å². The predicted molar refractivity (Wildman–Crippen MR) is 67.8 cm³/mol. The van der Waals surface area contributed by atoms with Gasteiger partial charge in [-0.2, -0.15) is 5.26 Å². The number of nitrogens with zero attached hydrogens (tertiary/aromatic N) is 1. The van der Waals surface area contributed by atoms with Crippen molar-refractivity contribution >= 4 is 10.0 Å². The van der Waals surface area contributed by atoms with E-state index in [0.29, 0.717) is 11.1 Å². The molecule has 1 aromatic rings. The Bertz CT molecular complexity index is 553. The third-order valence-electron chi connectivity index (χ3n) is 1.89. The number of nitrogens with one attached hydrogen (secondary N) is 1. The van der Waals surface area contributed by atoms with E-state index in [2.05, 4.69) is 4.89 Å². The van der Waals surface area contributed by atoms with Crippen molar-refractivity contribution in [3.05, 3.63) is 35.4 Å². The largest absolute Gasteiger partial charge is 0.281 e. The van der Waals surface area contributed by atoms with Gasteiger partial charge in [0.15, 0.2) is 0 Å². The second-order valence-electron chi connectivity index (χ2n) is 4.87. The molecule has 1 aromatic carbocycles. The lowest BCUT2D eigenvalue weighted by atomic mass is 10.2.